The minimum absolute atomic E-state index is 0.162. The van der Waals surface area contributed by atoms with Crippen molar-refractivity contribution >= 4 is 0 Å². The van der Waals surface area contributed by atoms with E-state index in [1.54, 1.807) is 0 Å². The first-order valence-corrected chi connectivity index (χ1v) is 9.20. The molecule has 3 aromatic rings. The summed E-state index contributed by atoms with van der Waals surface area (Å²) < 4.78 is 0. The van der Waals surface area contributed by atoms with Gasteiger partial charge in [-0.3, -0.25) is 5.10 Å². The number of benzene rings is 2. The van der Waals surface area contributed by atoms with Crippen LogP contribution >= 0.6 is 0 Å². The molecule has 0 unspecified atom stereocenters. The maximum atomic E-state index is 6.47. The second kappa shape index (κ2) is 7.29. The van der Waals surface area contributed by atoms with Crippen LogP contribution in [0.5, 0.6) is 0 Å². The molecule has 0 saturated heterocycles. The monoisotopic (exact) mass is 357 g/mol. The smallest absolute Gasteiger partial charge is 0.137 e. The van der Waals surface area contributed by atoms with Crippen molar-refractivity contribution in [2.24, 2.45) is 5.73 Å². The molecule has 0 atom stereocenters. The van der Waals surface area contributed by atoms with Gasteiger partial charge in [-0.15, -0.1) is 0 Å². The number of rotatable bonds is 3. The van der Waals surface area contributed by atoms with Crippen molar-refractivity contribution in [3.05, 3.63) is 78.5 Å². The van der Waals surface area contributed by atoms with E-state index < -0.39 is 0 Å². The third kappa shape index (κ3) is 3.46. The Hall–Kier alpha value is -3.05. The molecule has 1 fully saturated rings. The molecule has 2 aromatic carbocycles. The van der Waals surface area contributed by atoms with E-state index in [-0.39, 0.29) is 5.54 Å². The molecule has 5 heteroatoms. The van der Waals surface area contributed by atoms with Crippen LogP contribution in [0.1, 0.15) is 30.4 Å². The third-order valence-electron chi connectivity index (χ3n) is 5.33. The molecular formula is C22H23N5. The zero-order valence-electron chi connectivity index (χ0n) is 15.4. The molecule has 1 aromatic heterocycles. The van der Waals surface area contributed by atoms with Gasteiger partial charge in [0, 0.05) is 22.9 Å². The Morgan fingerprint density at radius 1 is 0.963 bits per heavy atom. The molecule has 0 spiro atoms. The van der Waals surface area contributed by atoms with Gasteiger partial charge in [-0.05, 0) is 42.9 Å². The Labute approximate surface area is 159 Å². The van der Waals surface area contributed by atoms with Gasteiger partial charge in [-0.25, -0.2) is 9.97 Å². The fraction of sp³-hybridized carbons (Fsp3) is 0.227. The van der Waals surface area contributed by atoms with Crippen LogP contribution in [0.25, 0.3) is 22.4 Å². The zero-order chi connectivity index (χ0) is 18.7. The van der Waals surface area contributed by atoms with Crippen molar-refractivity contribution in [1.82, 2.24) is 20.2 Å². The van der Waals surface area contributed by atoms with E-state index in [2.05, 4.69) is 63.5 Å². The molecule has 0 radical (unpaired) electrons. The summed E-state index contributed by atoms with van der Waals surface area (Å²) in [7, 11) is 0. The van der Waals surface area contributed by atoms with Gasteiger partial charge in [0.1, 0.15) is 12.7 Å². The highest BCUT2D eigenvalue weighted by Gasteiger charge is 2.34. The molecule has 1 aliphatic carbocycles. The van der Waals surface area contributed by atoms with E-state index in [0.717, 1.165) is 35.2 Å². The van der Waals surface area contributed by atoms with Gasteiger partial charge in [0.15, 0.2) is 0 Å². The molecule has 136 valence electrons. The maximum Gasteiger partial charge on any atom is 0.137 e. The minimum atomic E-state index is -0.162. The van der Waals surface area contributed by atoms with Crippen LogP contribution in [0.3, 0.4) is 0 Å². The van der Waals surface area contributed by atoms with Gasteiger partial charge >= 0.3 is 0 Å². The first-order valence-electron chi connectivity index (χ1n) is 9.20. The molecule has 4 rings (SSSR count). The Bertz CT molecular complexity index is 985. The number of nitrogens with zero attached hydrogens (tertiary/aromatic N) is 3. The number of aromatic amines is 1. The van der Waals surface area contributed by atoms with E-state index in [4.69, 9.17) is 5.73 Å². The third-order valence-corrected chi connectivity index (χ3v) is 5.33. The lowest BCUT2D eigenvalue weighted by Gasteiger charge is -2.38. The highest BCUT2D eigenvalue weighted by molar-refractivity contribution is 5.81. The fourth-order valence-electron chi connectivity index (χ4n) is 3.54. The largest absolute Gasteiger partial charge is 0.321 e. The quantitative estimate of drug-likeness (QED) is 0.732. The molecule has 1 heterocycles. The number of aromatic nitrogens is 4. The predicted octanol–water partition coefficient (Wildman–Crippen LogP) is 4.30. The van der Waals surface area contributed by atoms with Crippen LogP contribution in [0.4, 0.5) is 0 Å². The summed E-state index contributed by atoms with van der Waals surface area (Å²) >= 11 is 0. The van der Waals surface area contributed by atoms with Crippen molar-refractivity contribution in [2.45, 2.75) is 31.7 Å². The van der Waals surface area contributed by atoms with Crippen LogP contribution < -0.4 is 5.73 Å². The SMILES string of the molecule is Cc1ccccc1-c1c[nH]ncncnc1-c1ccc(C2(N)CCC2)cc1. The van der Waals surface area contributed by atoms with Crippen molar-refractivity contribution in [3.63, 3.8) is 0 Å². The molecule has 1 aliphatic rings. The van der Waals surface area contributed by atoms with Gasteiger partial charge in [0.25, 0.3) is 0 Å². The molecule has 5 nitrogen and oxygen atoms in total. The fourth-order valence-corrected chi connectivity index (χ4v) is 3.54. The lowest BCUT2D eigenvalue weighted by molar-refractivity contribution is 0.253. The number of aryl methyl sites for hydroxylation is 1. The van der Waals surface area contributed by atoms with Crippen LogP contribution in [0.2, 0.25) is 0 Å². The van der Waals surface area contributed by atoms with E-state index >= 15 is 0 Å². The summed E-state index contributed by atoms with van der Waals surface area (Å²) in [4.78, 5) is 8.71. The molecule has 0 aliphatic heterocycles. The number of H-pyrrole nitrogens is 1. The van der Waals surface area contributed by atoms with Gasteiger partial charge < -0.3 is 5.73 Å². The highest BCUT2D eigenvalue weighted by Crippen LogP contribution is 2.39. The van der Waals surface area contributed by atoms with Crippen molar-refractivity contribution < 1.29 is 0 Å². The van der Waals surface area contributed by atoms with Gasteiger partial charge in [-0.2, -0.15) is 5.10 Å². The lowest BCUT2D eigenvalue weighted by Crippen LogP contribution is -2.43. The summed E-state index contributed by atoms with van der Waals surface area (Å²) in [6.45, 7) is 2.09. The molecule has 27 heavy (non-hydrogen) atoms. The lowest BCUT2D eigenvalue weighted by atomic mass is 9.72. The van der Waals surface area contributed by atoms with Gasteiger partial charge in [-0.1, -0.05) is 48.5 Å². The number of hydrogen-bond donors (Lipinski definition) is 2. The highest BCUT2D eigenvalue weighted by atomic mass is 15.1. The van der Waals surface area contributed by atoms with Crippen LogP contribution in [-0.2, 0) is 5.54 Å². The molecule has 0 amide bonds. The van der Waals surface area contributed by atoms with Gasteiger partial charge in [0.05, 0.1) is 5.69 Å². The summed E-state index contributed by atoms with van der Waals surface area (Å²) in [5.41, 5.74) is 12.6. The number of nitrogens with two attached hydrogens (primary N) is 1. The average molecular weight is 357 g/mol. The minimum Gasteiger partial charge on any atom is -0.321 e. The van der Waals surface area contributed by atoms with E-state index in [1.165, 1.54) is 30.2 Å². The zero-order valence-corrected chi connectivity index (χ0v) is 15.4. The van der Waals surface area contributed by atoms with Crippen LogP contribution in [0, 0.1) is 6.92 Å². The first-order chi connectivity index (χ1) is 13.2. The number of hydrogen-bond acceptors (Lipinski definition) is 4. The summed E-state index contributed by atoms with van der Waals surface area (Å²) in [5, 5.41) is 7.00. The number of nitrogens with one attached hydrogen (secondary N) is 1. The normalized spacial score (nSPS) is 14.9. The topological polar surface area (TPSA) is 80.5 Å². The molecule has 1 saturated carbocycles. The van der Waals surface area contributed by atoms with Crippen molar-refractivity contribution in [2.75, 3.05) is 0 Å². The Kier molecular flexibility index (Phi) is 4.69. The Balaban J connectivity index is 1.87. The Morgan fingerprint density at radius 2 is 1.74 bits per heavy atom. The molecular weight excluding hydrogens is 334 g/mol. The Morgan fingerprint density at radius 3 is 2.44 bits per heavy atom. The molecule has 0 bridgehead atoms. The van der Waals surface area contributed by atoms with Crippen LogP contribution in [0.15, 0.2) is 67.4 Å². The van der Waals surface area contributed by atoms with Crippen molar-refractivity contribution in [1.29, 1.82) is 0 Å². The van der Waals surface area contributed by atoms with E-state index in [1.807, 2.05) is 18.3 Å². The summed E-state index contributed by atoms with van der Waals surface area (Å²) in [6.07, 6.45) is 8.15. The molecule has 3 N–H and O–H groups in total. The second-order valence-electron chi connectivity index (χ2n) is 7.08. The first kappa shape index (κ1) is 17.4. The summed E-state index contributed by atoms with van der Waals surface area (Å²) in [6, 6.07) is 16.7. The van der Waals surface area contributed by atoms with E-state index in [0.29, 0.717) is 0 Å². The second-order valence-corrected chi connectivity index (χ2v) is 7.08. The standard InChI is InChI=1S/C22H23N5/c1-16-5-2-3-6-19(16)20-13-26-27-15-24-14-25-21(20)17-7-9-18(10-8-17)22(23)11-4-12-22/h2-3,5-10,13-15,26H,4,11-12,23H2,1H3. The summed E-state index contributed by atoms with van der Waals surface area (Å²) in [5.74, 6) is 0. The van der Waals surface area contributed by atoms with Crippen LogP contribution in [-0.4, -0.2) is 20.2 Å². The maximum absolute atomic E-state index is 6.47. The predicted molar refractivity (Wildman–Crippen MR) is 107 cm³/mol. The average Bonchev–Trinajstić information content (AvgIpc) is 2.79. The van der Waals surface area contributed by atoms with E-state index in [9.17, 15) is 0 Å². The van der Waals surface area contributed by atoms with Crippen molar-refractivity contribution in [3.8, 4) is 22.4 Å². The van der Waals surface area contributed by atoms with Gasteiger partial charge in [0.2, 0.25) is 0 Å².